The van der Waals surface area contributed by atoms with Gasteiger partial charge >= 0.3 is 0 Å². The molecule has 2 aromatic rings. The van der Waals surface area contributed by atoms with Crippen LogP contribution in [0.25, 0.3) is 0 Å². The van der Waals surface area contributed by atoms with Crippen molar-refractivity contribution in [2.24, 2.45) is 11.8 Å². The van der Waals surface area contributed by atoms with Crippen molar-refractivity contribution in [1.82, 2.24) is 15.5 Å². The molecule has 1 amide bonds. The Bertz CT molecular complexity index is 1060. The summed E-state index contributed by atoms with van der Waals surface area (Å²) < 4.78 is 0. The Balaban J connectivity index is 1.23. The van der Waals surface area contributed by atoms with Gasteiger partial charge in [-0.15, -0.1) is 0 Å². The zero-order valence-corrected chi connectivity index (χ0v) is 20.4. The third kappa shape index (κ3) is 4.89. The first-order valence-electron chi connectivity index (χ1n) is 12.7. The summed E-state index contributed by atoms with van der Waals surface area (Å²) in [6.45, 7) is 7.40. The Morgan fingerprint density at radius 2 is 1.76 bits per heavy atom. The SMILES string of the molecule is CC1CC2CC(C)(NCc3ccc(C#N)cc3)CC(NCC(=O)N3Cc4ccccc4C3)(C1)C2. The highest BCUT2D eigenvalue weighted by atomic mass is 16.2. The summed E-state index contributed by atoms with van der Waals surface area (Å²) in [6, 6.07) is 18.4. The minimum atomic E-state index is 0.00916. The number of amides is 1. The predicted octanol–water partition coefficient (Wildman–Crippen LogP) is 4.51. The number of hydrogen-bond donors (Lipinski definition) is 2. The van der Waals surface area contributed by atoms with Gasteiger partial charge in [0.2, 0.25) is 5.91 Å². The topological polar surface area (TPSA) is 68.2 Å². The van der Waals surface area contributed by atoms with Crippen molar-refractivity contribution in [3.63, 3.8) is 0 Å². The standard InChI is InChI=1S/C29H36N4O/c1-21-11-24-13-28(2,31-16-23-9-7-22(15-30)8-10-23)20-29(12-21,14-24)32-17-27(34)33-18-25-5-3-4-6-26(25)19-33/h3-10,21,24,31-32H,11-14,16-20H2,1-2H3. The molecule has 2 fully saturated rings. The fraction of sp³-hybridized carbons (Fsp3) is 0.517. The molecule has 4 unspecified atom stereocenters. The molecule has 1 aliphatic heterocycles. The maximum atomic E-state index is 13.1. The highest BCUT2D eigenvalue weighted by Gasteiger charge is 2.49. The average Bonchev–Trinajstić information content (AvgIpc) is 3.25. The maximum Gasteiger partial charge on any atom is 0.237 e. The first-order valence-corrected chi connectivity index (χ1v) is 12.7. The molecule has 2 bridgehead atoms. The molecule has 4 atom stereocenters. The van der Waals surface area contributed by atoms with Crippen LogP contribution in [0, 0.1) is 23.2 Å². The van der Waals surface area contributed by atoms with E-state index in [1.165, 1.54) is 36.0 Å². The van der Waals surface area contributed by atoms with Gasteiger partial charge in [0.15, 0.2) is 0 Å². The number of benzene rings is 2. The summed E-state index contributed by atoms with van der Waals surface area (Å²) in [4.78, 5) is 15.1. The lowest BCUT2D eigenvalue weighted by molar-refractivity contribution is -0.131. The van der Waals surface area contributed by atoms with Crippen LogP contribution in [0.3, 0.4) is 0 Å². The van der Waals surface area contributed by atoms with Crippen molar-refractivity contribution >= 4 is 5.91 Å². The lowest BCUT2D eigenvalue weighted by atomic mass is 9.58. The van der Waals surface area contributed by atoms with Crippen LogP contribution in [0.2, 0.25) is 0 Å². The molecule has 5 heteroatoms. The molecule has 0 spiro atoms. The van der Waals surface area contributed by atoms with Crippen LogP contribution in [0.1, 0.15) is 68.2 Å². The molecule has 2 saturated carbocycles. The first-order chi connectivity index (χ1) is 16.4. The van der Waals surface area contributed by atoms with Gasteiger partial charge in [0.1, 0.15) is 0 Å². The van der Waals surface area contributed by atoms with Crippen molar-refractivity contribution in [3.05, 3.63) is 70.8 Å². The fourth-order valence-corrected chi connectivity index (χ4v) is 7.03. The molecule has 0 aromatic heterocycles. The summed E-state index contributed by atoms with van der Waals surface area (Å²) in [5.74, 6) is 1.56. The Labute approximate surface area is 203 Å². The van der Waals surface area contributed by atoms with Gasteiger partial charge in [0.05, 0.1) is 18.2 Å². The summed E-state index contributed by atoms with van der Waals surface area (Å²) >= 11 is 0. The first kappa shape index (κ1) is 23.1. The second kappa shape index (κ2) is 9.17. The van der Waals surface area contributed by atoms with Gasteiger partial charge < -0.3 is 15.5 Å². The summed E-state index contributed by atoms with van der Waals surface area (Å²) in [5, 5.41) is 16.7. The molecule has 2 aliphatic carbocycles. The number of carbonyl (C=O) groups is 1. The van der Waals surface area contributed by atoms with Gasteiger partial charge in [-0.25, -0.2) is 0 Å². The number of carbonyl (C=O) groups excluding carboxylic acids is 1. The summed E-state index contributed by atoms with van der Waals surface area (Å²) in [7, 11) is 0. The van der Waals surface area contributed by atoms with E-state index in [0.29, 0.717) is 23.9 Å². The molecule has 5 nitrogen and oxygen atoms in total. The second-order valence-electron chi connectivity index (χ2n) is 11.4. The van der Waals surface area contributed by atoms with E-state index in [-0.39, 0.29) is 17.0 Å². The van der Waals surface area contributed by atoms with Crippen molar-refractivity contribution in [2.75, 3.05) is 6.54 Å². The molecule has 1 heterocycles. The van der Waals surface area contributed by atoms with E-state index in [2.05, 4.69) is 54.8 Å². The molecule has 34 heavy (non-hydrogen) atoms. The van der Waals surface area contributed by atoms with Crippen LogP contribution >= 0.6 is 0 Å². The van der Waals surface area contributed by atoms with Crippen LogP contribution in [0.15, 0.2) is 48.5 Å². The summed E-state index contributed by atoms with van der Waals surface area (Å²) in [5.41, 5.74) is 4.49. The van der Waals surface area contributed by atoms with Crippen LogP contribution in [-0.2, 0) is 24.4 Å². The van der Waals surface area contributed by atoms with Crippen molar-refractivity contribution in [3.8, 4) is 6.07 Å². The van der Waals surface area contributed by atoms with E-state index in [0.717, 1.165) is 32.5 Å². The molecule has 0 radical (unpaired) electrons. The number of nitriles is 1. The van der Waals surface area contributed by atoms with Gasteiger partial charge in [-0.2, -0.15) is 5.26 Å². The Kier molecular flexibility index (Phi) is 6.22. The zero-order chi connectivity index (χ0) is 23.8. The van der Waals surface area contributed by atoms with Crippen LogP contribution in [0.4, 0.5) is 0 Å². The number of hydrogen-bond acceptors (Lipinski definition) is 4. The summed E-state index contributed by atoms with van der Waals surface area (Å²) in [6.07, 6.45) is 5.77. The zero-order valence-electron chi connectivity index (χ0n) is 20.4. The lowest BCUT2D eigenvalue weighted by Crippen LogP contribution is -2.63. The number of nitrogens with zero attached hydrogens (tertiary/aromatic N) is 2. The van der Waals surface area contributed by atoms with E-state index in [1.807, 2.05) is 29.2 Å². The molecular weight excluding hydrogens is 420 g/mol. The van der Waals surface area contributed by atoms with E-state index >= 15 is 0 Å². The van der Waals surface area contributed by atoms with Crippen LogP contribution in [-0.4, -0.2) is 28.4 Å². The smallest absolute Gasteiger partial charge is 0.237 e. The van der Waals surface area contributed by atoms with Crippen LogP contribution < -0.4 is 10.6 Å². The molecular formula is C29H36N4O. The number of fused-ring (bicyclic) bond motifs is 3. The third-order valence-corrected chi connectivity index (χ3v) is 8.23. The number of rotatable bonds is 6. The minimum Gasteiger partial charge on any atom is -0.333 e. The molecule has 2 aromatic carbocycles. The van der Waals surface area contributed by atoms with Crippen LogP contribution in [0.5, 0.6) is 0 Å². The quantitative estimate of drug-likeness (QED) is 0.671. The fourth-order valence-electron chi connectivity index (χ4n) is 7.03. The Hall–Kier alpha value is -2.68. The third-order valence-electron chi connectivity index (χ3n) is 8.23. The number of nitrogens with one attached hydrogen (secondary N) is 2. The van der Waals surface area contributed by atoms with Crippen molar-refractivity contribution < 1.29 is 4.79 Å². The largest absolute Gasteiger partial charge is 0.333 e. The van der Waals surface area contributed by atoms with Gasteiger partial charge in [0.25, 0.3) is 0 Å². The molecule has 5 rings (SSSR count). The van der Waals surface area contributed by atoms with Crippen molar-refractivity contribution in [1.29, 1.82) is 5.26 Å². The molecule has 2 N–H and O–H groups in total. The average molecular weight is 457 g/mol. The van der Waals surface area contributed by atoms with Gasteiger partial charge in [-0.05, 0) is 79.7 Å². The van der Waals surface area contributed by atoms with E-state index in [1.54, 1.807) is 0 Å². The van der Waals surface area contributed by atoms with E-state index in [4.69, 9.17) is 5.26 Å². The second-order valence-corrected chi connectivity index (χ2v) is 11.4. The highest BCUT2D eigenvalue weighted by Crippen LogP contribution is 2.49. The molecule has 3 aliphatic rings. The monoisotopic (exact) mass is 456 g/mol. The van der Waals surface area contributed by atoms with E-state index in [9.17, 15) is 4.79 Å². The maximum absolute atomic E-state index is 13.1. The van der Waals surface area contributed by atoms with E-state index < -0.39 is 0 Å². The molecule has 0 saturated heterocycles. The normalized spacial score (nSPS) is 30.0. The minimum absolute atomic E-state index is 0.00916. The highest BCUT2D eigenvalue weighted by molar-refractivity contribution is 5.79. The lowest BCUT2D eigenvalue weighted by Gasteiger charge is -2.55. The predicted molar refractivity (Wildman–Crippen MR) is 134 cm³/mol. The van der Waals surface area contributed by atoms with Crippen molar-refractivity contribution in [2.45, 2.75) is 76.7 Å². The molecule has 178 valence electrons. The van der Waals surface area contributed by atoms with Gasteiger partial charge in [0, 0.05) is 30.7 Å². The van der Waals surface area contributed by atoms with Gasteiger partial charge in [-0.3, -0.25) is 4.79 Å². The Morgan fingerprint density at radius 1 is 1.06 bits per heavy atom. The Morgan fingerprint density at radius 3 is 2.44 bits per heavy atom. The van der Waals surface area contributed by atoms with Gasteiger partial charge in [-0.1, -0.05) is 43.3 Å².